The number of aliphatic hydroxyl groups excluding tert-OH is 1. The molecule has 3 N–H and O–H groups in total. The summed E-state index contributed by atoms with van der Waals surface area (Å²) in [6, 6.07) is 27.8. The van der Waals surface area contributed by atoms with E-state index < -0.39 is 28.7 Å². The summed E-state index contributed by atoms with van der Waals surface area (Å²) in [4.78, 5) is 44.2. The lowest BCUT2D eigenvalue weighted by atomic mass is 9.66. The van der Waals surface area contributed by atoms with Crippen LogP contribution in [0.15, 0.2) is 91.0 Å². The summed E-state index contributed by atoms with van der Waals surface area (Å²) in [5.74, 6) is -1.69. The number of nitrogens with zero attached hydrogens (tertiary/aromatic N) is 1. The van der Waals surface area contributed by atoms with E-state index in [1.165, 1.54) is 0 Å². The van der Waals surface area contributed by atoms with E-state index >= 15 is 0 Å². The molecule has 3 aliphatic heterocycles. The number of rotatable bonds is 10. The van der Waals surface area contributed by atoms with Crippen LogP contribution in [0.1, 0.15) is 30.0 Å². The molecular weight excluding hydrogens is 546 g/mol. The number of thioether (sulfide) groups is 1. The number of hydrogen-bond acceptors (Lipinski definition) is 5. The second-order valence-electron chi connectivity index (χ2n) is 11.7. The molecule has 3 saturated heterocycles. The molecule has 3 amide bonds. The maximum Gasteiger partial charge on any atom is 0.244 e. The van der Waals surface area contributed by atoms with Crippen LogP contribution in [0.2, 0.25) is 0 Å². The minimum atomic E-state index is -0.795. The standard InChI is InChI=1S/C34H37N3O4S/c1-22-17-27-28(31(39)35-19-24-13-7-3-8-14-24)29-33(41)37(26(21-38)18-23-11-5-2-6-12-23)30(34(22,29)42-27)32(40)36-20-25-15-9-4-10-16-25/h2-16,22,26-30,38H,17-21H2,1H3,(H,35,39)(H,36,40)/t22?,26-,27+,28-,29+,30?,34?/m1/s1. The molecule has 0 radical (unpaired) electrons. The number of fused-ring (bicyclic) bond motifs is 1. The molecule has 0 saturated carbocycles. The minimum absolute atomic E-state index is 0.0435. The lowest BCUT2D eigenvalue weighted by molar-refractivity contribution is -0.142. The maximum absolute atomic E-state index is 14.5. The van der Waals surface area contributed by atoms with Crippen LogP contribution in [0.5, 0.6) is 0 Å². The Bertz CT molecular complexity index is 1420. The highest BCUT2D eigenvalue weighted by molar-refractivity contribution is 8.02. The normalized spacial score (nSPS) is 28.4. The van der Waals surface area contributed by atoms with Gasteiger partial charge >= 0.3 is 0 Å². The van der Waals surface area contributed by atoms with Crippen molar-refractivity contribution in [2.24, 2.45) is 17.8 Å². The first-order valence-electron chi connectivity index (χ1n) is 14.7. The molecule has 0 aromatic heterocycles. The Kier molecular flexibility index (Phi) is 8.10. The Balaban J connectivity index is 1.33. The highest BCUT2D eigenvalue weighted by Crippen LogP contribution is 2.68. The Morgan fingerprint density at radius 1 is 0.881 bits per heavy atom. The number of likely N-dealkylation sites (tertiary alicyclic amines) is 1. The van der Waals surface area contributed by atoms with Crippen molar-refractivity contribution in [2.75, 3.05) is 6.61 Å². The number of carbonyl (C=O) groups is 3. The summed E-state index contributed by atoms with van der Waals surface area (Å²) in [7, 11) is 0. The summed E-state index contributed by atoms with van der Waals surface area (Å²) in [6.45, 7) is 2.55. The molecule has 7 atom stereocenters. The van der Waals surface area contributed by atoms with E-state index in [9.17, 15) is 19.5 Å². The fourth-order valence-corrected chi connectivity index (χ4v) is 9.78. The van der Waals surface area contributed by atoms with Crippen molar-refractivity contribution in [1.82, 2.24) is 15.5 Å². The SMILES string of the molecule is CC1C[C@@H]2SC13C(C(=O)NCc1ccccc1)N([C@@H](CO)Cc1ccccc1)C(=O)[C@@H]3[C@@H]2C(=O)NCc1ccccc1. The van der Waals surface area contributed by atoms with Gasteiger partial charge in [-0.15, -0.1) is 11.8 Å². The third-order valence-corrected chi connectivity index (χ3v) is 11.3. The monoisotopic (exact) mass is 583 g/mol. The first-order valence-corrected chi connectivity index (χ1v) is 15.6. The molecule has 6 rings (SSSR count). The van der Waals surface area contributed by atoms with Crippen LogP contribution in [0.3, 0.4) is 0 Å². The second kappa shape index (κ2) is 11.9. The van der Waals surface area contributed by atoms with Crippen LogP contribution in [0.4, 0.5) is 0 Å². The van der Waals surface area contributed by atoms with E-state index in [-0.39, 0.29) is 35.5 Å². The Morgan fingerprint density at radius 3 is 1.95 bits per heavy atom. The van der Waals surface area contributed by atoms with Gasteiger partial charge in [-0.25, -0.2) is 0 Å². The summed E-state index contributed by atoms with van der Waals surface area (Å²) >= 11 is 1.65. The highest BCUT2D eigenvalue weighted by Gasteiger charge is 2.76. The molecule has 3 aliphatic rings. The van der Waals surface area contributed by atoms with Crippen LogP contribution in [-0.2, 0) is 33.9 Å². The Labute approximate surface area is 251 Å². The van der Waals surface area contributed by atoms with Crippen LogP contribution in [0.25, 0.3) is 0 Å². The second-order valence-corrected chi connectivity index (χ2v) is 13.3. The molecule has 3 heterocycles. The van der Waals surface area contributed by atoms with E-state index in [2.05, 4.69) is 17.6 Å². The molecule has 3 fully saturated rings. The van der Waals surface area contributed by atoms with Gasteiger partial charge in [0, 0.05) is 18.3 Å². The van der Waals surface area contributed by atoms with Gasteiger partial charge in [0.2, 0.25) is 17.7 Å². The molecule has 8 heteroatoms. The molecule has 2 bridgehead atoms. The number of carbonyl (C=O) groups excluding carboxylic acids is 3. The predicted octanol–water partition coefficient (Wildman–Crippen LogP) is 3.56. The molecule has 3 unspecified atom stereocenters. The lowest BCUT2D eigenvalue weighted by Crippen LogP contribution is -2.58. The van der Waals surface area contributed by atoms with Gasteiger partial charge in [0.05, 0.1) is 29.2 Å². The molecule has 42 heavy (non-hydrogen) atoms. The zero-order chi connectivity index (χ0) is 29.3. The van der Waals surface area contributed by atoms with Crippen LogP contribution in [0, 0.1) is 17.8 Å². The third kappa shape index (κ3) is 5.01. The van der Waals surface area contributed by atoms with E-state index in [1.807, 2.05) is 91.0 Å². The molecule has 3 aromatic rings. The topological polar surface area (TPSA) is 98.7 Å². The number of hydrogen-bond donors (Lipinski definition) is 3. The van der Waals surface area contributed by atoms with E-state index in [0.29, 0.717) is 19.5 Å². The van der Waals surface area contributed by atoms with Gasteiger partial charge in [-0.05, 0) is 35.4 Å². The summed E-state index contributed by atoms with van der Waals surface area (Å²) < 4.78 is -0.749. The fraction of sp³-hybridized carbons (Fsp3) is 0.382. The fourth-order valence-electron chi connectivity index (χ4n) is 7.37. The minimum Gasteiger partial charge on any atom is -0.394 e. The smallest absolute Gasteiger partial charge is 0.244 e. The number of nitrogens with one attached hydrogen (secondary N) is 2. The third-order valence-electron chi connectivity index (χ3n) is 9.27. The molecule has 7 nitrogen and oxygen atoms in total. The average Bonchev–Trinajstić information content (AvgIpc) is 3.62. The van der Waals surface area contributed by atoms with Crippen molar-refractivity contribution in [3.05, 3.63) is 108 Å². The lowest BCUT2D eigenvalue weighted by Gasteiger charge is -2.40. The Hall–Kier alpha value is -3.62. The number of aliphatic hydroxyl groups is 1. The van der Waals surface area contributed by atoms with Crippen molar-refractivity contribution in [3.63, 3.8) is 0 Å². The zero-order valence-electron chi connectivity index (χ0n) is 23.7. The predicted molar refractivity (Wildman–Crippen MR) is 163 cm³/mol. The van der Waals surface area contributed by atoms with Gasteiger partial charge < -0.3 is 20.6 Å². The van der Waals surface area contributed by atoms with Crippen molar-refractivity contribution >= 4 is 29.5 Å². The summed E-state index contributed by atoms with van der Waals surface area (Å²) in [5, 5.41) is 16.8. The van der Waals surface area contributed by atoms with Crippen molar-refractivity contribution in [1.29, 1.82) is 0 Å². The van der Waals surface area contributed by atoms with Gasteiger partial charge in [0.1, 0.15) is 6.04 Å². The number of benzene rings is 3. The quantitative estimate of drug-likeness (QED) is 0.339. The van der Waals surface area contributed by atoms with Crippen LogP contribution in [-0.4, -0.2) is 56.4 Å². The van der Waals surface area contributed by atoms with E-state index in [1.54, 1.807) is 16.7 Å². The zero-order valence-corrected chi connectivity index (χ0v) is 24.5. The van der Waals surface area contributed by atoms with Crippen LogP contribution >= 0.6 is 11.8 Å². The highest BCUT2D eigenvalue weighted by atomic mass is 32.2. The van der Waals surface area contributed by atoms with Gasteiger partial charge in [-0.2, -0.15) is 0 Å². The van der Waals surface area contributed by atoms with Crippen LogP contribution < -0.4 is 10.6 Å². The first kappa shape index (κ1) is 28.5. The van der Waals surface area contributed by atoms with E-state index in [4.69, 9.17) is 0 Å². The molecule has 3 aromatic carbocycles. The summed E-state index contributed by atoms with van der Waals surface area (Å²) in [6.07, 6.45) is 1.18. The van der Waals surface area contributed by atoms with Gasteiger partial charge in [0.15, 0.2) is 0 Å². The van der Waals surface area contributed by atoms with Gasteiger partial charge in [0.25, 0.3) is 0 Å². The molecule has 1 spiro atoms. The van der Waals surface area contributed by atoms with Gasteiger partial charge in [-0.3, -0.25) is 14.4 Å². The maximum atomic E-state index is 14.5. The van der Waals surface area contributed by atoms with Crippen molar-refractivity contribution in [2.45, 2.75) is 54.9 Å². The molecular formula is C34H37N3O4S. The van der Waals surface area contributed by atoms with Gasteiger partial charge in [-0.1, -0.05) is 97.9 Å². The largest absolute Gasteiger partial charge is 0.394 e. The summed E-state index contributed by atoms with van der Waals surface area (Å²) in [5.41, 5.74) is 2.93. The van der Waals surface area contributed by atoms with E-state index in [0.717, 1.165) is 23.1 Å². The first-order chi connectivity index (χ1) is 20.4. The number of amides is 3. The van der Waals surface area contributed by atoms with Crippen molar-refractivity contribution in [3.8, 4) is 0 Å². The molecule has 218 valence electrons. The average molecular weight is 584 g/mol. The van der Waals surface area contributed by atoms with Crippen molar-refractivity contribution < 1.29 is 19.5 Å². The Morgan fingerprint density at radius 2 is 1.40 bits per heavy atom. The molecule has 0 aliphatic carbocycles.